The largest absolute Gasteiger partial charge is 0.450 e. The molecule has 36 heavy (non-hydrogen) atoms. The second kappa shape index (κ2) is 10.5. The Bertz CT molecular complexity index is 1460. The molecule has 0 heterocycles. The number of carbonyl (C=O) groups excluding carboxylic acids is 1. The Hall–Kier alpha value is -5.64. The number of non-ortho nitro benzene ring substituents is 2. The molecule has 0 atom stereocenters. The van der Waals surface area contributed by atoms with Crippen LogP contribution in [0, 0.1) is 48.6 Å². The molecule has 0 saturated heterocycles. The lowest BCUT2D eigenvalue weighted by Gasteiger charge is -2.08. The van der Waals surface area contributed by atoms with Gasteiger partial charge >= 0.3 is 5.69 Å². The Morgan fingerprint density at radius 3 is 2.11 bits per heavy atom. The molecular weight excluding hydrogens is 474 g/mol. The molecule has 0 bridgehead atoms. The number of amides is 1. The van der Waals surface area contributed by atoms with Crippen molar-refractivity contribution in [2.45, 2.75) is 6.92 Å². The first-order chi connectivity index (χ1) is 17.1. The third kappa shape index (κ3) is 5.83. The Morgan fingerprint density at radius 2 is 1.53 bits per heavy atom. The SMILES string of the molecule is Cc1ccc([N+](=O)[O-])cc1NC(=O)/C(C#N)=C/c1ccc(Oc2ccc([N+](=O)[O-])cc2[N+](=O)[O-])cc1. The second-order valence-electron chi connectivity index (χ2n) is 7.22. The van der Waals surface area contributed by atoms with E-state index < -0.39 is 32.1 Å². The van der Waals surface area contributed by atoms with Gasteiger partial charge in [-0.15, -0.1) is 0 Å². The van der Waals surface area contributed by atoms with Crippen molar-refractivity contribution in [3.8, 4) is 17.6 Å². The van der Waals surface area contributed by atoms with Crippen LogP contribution >= 0.6 is 0 Å². The number of nitrogens with zero attached hydrogens (tertiary/aromatic N) is 4. The van der Waals surface area contributed by atoms with Gasteiger partial charge in [-0.05, 0) is 42.3 Å². The van der Waals surface area contributed by atoms with Crippen molar-refractivity contribution >= 4 is 34.7 Å². The van der Waals surface area contributed by atoms with E-state index in [2.05, 4.69) is 5.32 Å². The predicted octanol–water partition coefficient (Wildman–Crippen LogP) is 5.06. The molecule has 0 aromatic heterocycles. The van der Waals surface area contributed by atoms with E-state index in [-0.39, 0.29) is 28.4 Å². The zero-order valence-electron chi connectivity index (χ0n) is 18.4. The number of nitro groups is 3. The standard InChI is InChI=1S/C23H15N5O8/c1-14-2-5-17(26(30)31)11-20(14)25-23(29)16(13-24)10-15-3-7-19(8-4-15)36-22-9-6-18(27(32)33)12-21(22)28(34)35/h2-12H,1H3,(H,25,29)/b16-10+. The van der Waals surface area contributed by atoms with Gasteiger partial charge in [-0.2, -0.15) is 5.26 Å². The second-order valence-corrected chi connectivity index (χ2v) is 7.22. The number of benzene rings is 3. The Labute approximate surface area is 202 Å². The maximum atomic E-state index is 12.6. The third-order valence-electron chi connectivity index (χ3n) is 4.81. The molecule has 0 aliphatic rings. The van der Waals surface area contributed by atoms with E-state index in [1.165, 1.54) is 48.5 Å². The van der Waals surface area contributed by atoms with Crippen LogP contribution in [0.15, 0.2) is 66.2 Å². The van der Waals surface area contributed by atoms with Crippen molar-refractivity contribution in [2.75, 3.05) is 5.32 Å². The number of ether oxygens (including phenoxy) is 1. The number of hydrogen-bond donors (Lipinski definition) is 1. The number of hydrogen-bond acceptors (Lipinski definition) is 9. The normalized spacial score (nSPS) is 10.7. The summed E-state index contributed by atoms with van der Waals surface area (Å²) in [6.07, 6.45) is 1.28. The minimum atomic E-state index is -0.805. The Morgan fingerprint density at radius 1 is 0.917 bits per heavy atom. The van der Waals surface area contributed by atoms with E-state index >= 15 is 0 Å². The quantitative estimate of drug-likeness (QED) is 0.195. The first-order valence-corrected chi connectivity index (χ1v) is 9.98. The van der Waals surface area contributed by atoms with Crippen LogP contribution in [0.4, 0.5) is 22.7 Å². The van der Waals surface area contributed by atoms with Crippen molar-refractivity contribution in [3.63, 3.8) is 0 Å². The van der Waals surface area contributed by atoms with Crippen LogP contribution < -0.4 is 10.1 Å². The van der Waals surface area contributed by atoms with Gasteiger partial charge in [0.25, 0.3) is 17.3 Å². The average molecular weight is 489 g/mol. The molecule has 3 aromatic rings. The Balaban J connectivity index is 1.79. The van der Waals surface area contributed by atoms with Crippen LogP contribution in [0.1, 0.15) is 11.1 Å². The van der Waals surface area contributed by atoms with Crippen molar-refractivity contribution in [3.05, 3.63) is 108 Å². The predicted molar refractivity (Wildman–Crippen MR) is 126 cm³/mol. The lowest BCUT2D eigenvalue weighted by atomic mass is 10.1. The van der Waals surface area contributed by atoms with Gasteiger partial charge < -0.3 is 10.1 Å². The van der Waals surface area contributed by atoms with E-state index in [0.717, 1.165) is 18.2 Å². The summed E-state index contributed by atoms with van der Waals surface area (Å²) in [6.45, 7) is 1.64. The summed E-state index contributed by atoms with van der Waals surface area (Å²) in [6, 6.07) is 14.5. The minimum absolute atomic E-state index is 0.166. The molecule has 3 aromatic carbocycles. The monoisotopic (exact) mass is 489 g/mol. The number of anilines is 1. The molecule has 0 radical (unpaired) electrons. The fourth-order valence-electron chi connectivity index (χ4n) is 2.97. The van der Waals surface area contributed by atoms with Crippen molar-refractivity contribution in [2.24, 2.45) is 0 Å². The summed E-state index contributed by atoms with van der Waals surface area (Å²) in [7, 11) is 0. The van der Waals surface area contributed by atoms with E-state index in [1.54, 1.807) is 13.0 Å². The molecule has 1 amide bonds. The molecule has 180 valence electrons. The highest BCUT2D eigenvalue weighted by molar-refractivity contribution is 6.10. The van der Waals surface area contributed by atoms with Gasteiger partial charge in [-0.25, -0.2) is 0 Å². The van der Waals surface area contributed by atoms with Gasteiger partial charge in [-0.1, -0.05) is 18.2 Å². The zero-order valence-corrected chi connectivity index (χ0v) is 18.4. The summed E-state index contributed by atoms with van der Waals surface area (Å²) in [4.78, 5) is 43.5. The average Bonchev–Trinajstić information content (AvgIpc) is 2.84. The smallest absolute Gasteiger partial charge is 0.318 e. The number of carbonyl (C=O) groups is 1. The number of rotatable bonds is 8. The summed E-state index contributed by atoms with van der Waals surface area (Å²) in [5.41, 5.74) is -0.382. The van der Waals surface area contributed by atoms with Crippen LogP contribution in [0.2, 0.25) is 0 Å². The summed E-state index contributed by atoms with van der Waals surface area (Å²) < 4.78 is 5.48. The fourth-order valence-corrected chi connectivity index (χ4v) is 2.97. The van der Waals surface area contributed by atoms with Gasteiger partial charge in [0, 0.05) is 18.2 Å². The van der Waals surface area contributed by atoms with E-state index in [1.807, 2.05) is 0 Å². The first-order valence-electron chi connectivity index (χ1n) is 9.98. The van der Waals surface area contributed by atoms with Gasteiger partial charge in [0.05, 0.1) is 26.5 Å². The van der Waals surface area contributed by atoms with Crippen LogP contribution in [-0.2, 0) is 4.79 Å². The lowest BCUT2D eigenvalue weighted by Crippen LogP contribution is -2.14. The van der Waals surface area contributed by atoms with Gasteiger partial charge in [-0.3, -0.25) is 35.1 Å². The van der Waals surface area contributed by atoms with Gasteiger partial charge in [0.2, 0.25) is 5.75 Å². The third-order valence-corrected chi connectivity index (χ3v) is 4.81. The van der Waals surface area contributed by atoms with Crippen LogP contribution in [0.5, 0.6) is 11.5 Å². The van der Waals surface area contributed by atoms with E-state index in [4.69, 9.17) is 4.74 Å². The molecule has 1 N–H and O–H groups in total. The molecule has 13 nitrogen and oxygen atoms in total. The zero-order chi connectivity index (χ0) is 26.4. The number of nitriles is 1. The summed E-state index contributed by atoms with van der Waals surface area (Å²) >= 11 is 0. The maximum Gasteiger partial charge on any atom is 0.318 e. The molecule has 13 heteroatoms. The first kappa shape index (κ1) is 25.0. The highest BCUT2D eigenvalue weighted by Gasteiger charge is 2.21. The highest BCUT2D eigenvalue weighted by Crippen LogP contribution is 2.34. The van der Waals surface area contributed by atoms with Crippen molar-refractivity contribution < 1.29 is 24.3 Å². The number of nitrogens with one attached hydrogen (secondary N) is 1. The molecule has 0 aliphatic carbocycles. The summed E-state index contributed by atoms with van der Waals surface area (Å²) in [5.74, 6) is -0.819. The number of aryl methyl sites for hydroxylation is 1. The van der Waals surface area contributed by atoms with Gasteiger partial charge in [0.1, 0.15) is 17.4 Å². The Kier molecular flexibility index (Phi) is 7.31. The van der Waals surface area contributed by atoms with Gasteiger partial charge in [0.15, 0.2) is 0 Å². The fraction of sp³-hybridized carbons (Fsp3) is 0.0435. The number of nitro benzene ring substituents is 3. The lowest BCUT2D eigenvalue weighted by molar-refractivity contribution is -0.394. The topological polar surface area (TPSA) is 192 Å². The molecular formula is C23H15N5O8. The van der Waals surface area contributed by atoms with E-state index in [0.29, 0.717) is 11.1 Å². The maximum absolute atomic E-state index is 12.6. The molecule has 3 rings (SSSR count). The summed E-state index contributed by atoms with van der Waals surface area (Å²) in [5, 5.41) is 45.0. The van der Waals surface area contributed by atoms with Crippen molar-refractivity contribution in [1.82, 2.24) is 0 Å². The minimum Gasteiger partial charge on any atom is -0.450 e. The molecule has 0 spiro atoms. The molecule has 0 aliphatic heterocycles. The van der Waals surface area contributed by atoms with E-state index in [9.17, 15) is 40.4 Å². The molecule has 0 unspecified atom stereocenters. The molecule has 0 fully saturated rings. The van der Waals surface area contributed by atoms with Crippen LogP contribution in [0.3, 0.4) is 0 Å². The highest BCUT2D eigenvalue weighted by atomic mass is 16.6. The van der Waals surface area contributed by atoms with Crippen LogP contribution in [-0.4, -0.2) is 20.7 Å². The van der Waals surface area contributed by atoms with Crippen LogP contribution in [0.25, 0.3) is 6.08 Å². The molecule has 0 saturated carbocycles. The van der Waals surface area contributed by atoms with Crippen molar-refractivity contribution in [1.29, 1.82) is 5.26 Å².